The Morgan fingerprint density at radius 1 is 0.571 bits per heavy atom. The molecular formula is AlCrO4Zn. The van der Waals surface area contributed by atoms with Crippen LogP contribution in [-0.4, -0.2) is 17.4 Å². The van der Waals surface area contributed by atoms with Crippen LogP contribution in [0.2, 0.25) is 0 Å². The molecule has 0 unspecified atom stereocenters. The quantitative estimate of drug-likeness (QED) is 0.461. The Balaban J connectivity index is 0. The van der Waals surface area contributed by atoms with E-state index in [1.165, 1.54) is 0 Å². The maximum absolute atomic E-state index is 0. The number of hydrogen-bond acceptors (Lipinski definition) is 0. The zero-order valence-corrected chi connectivity index (χ0v) is 8.72. The van der Waals surface area contributed by atoms with Gasteiger partial charge in [0.15, 0.2) is 0 Å². The zero-order chi connectivity index (χ0) is 0. The van der Waals surface area contributed by atoms with Crippen LogP contribution in [0.4, 0.5) is 0 Å². The zero-order valence-electron chi connectivity index (χ0n) is 3.33. The summed E-state index contributed by atoms with van der Waals surface area (Å²) in [4.78, 5) is 0. The summed E-state index contributed by atoms with van der Waals surface area (Å²) in [6.45, 7) is 0. The minimum absolute atomic E-state index is 0. The predicted molar refractivity (Wildman–Crippen MR) is 8.50 cm³/mol. The minimum atomic E-state index is 0. The third-order valence-electron chi connectivity index (χ3n) is 0. The van der Waals surface area contributed by atoms with E-state index in [0.717, 1.165) is 0 Å². The van der Waals surface area contributed by atoms with E-state index in [9.17, 15) is 0 Å². The van der Waals surface area contributed by atoms with Crippen molar-refractivity contribution in [2.75, 3.05) is 0 Å². The van der Waals surface area contributed by atoms with Crippen molar-refractivity contribution in [1.29, 1.82) is 0 Å². The second-order valence-electron chi connectivity index (χ2n) is 0. The van der Waals surface area contributed by atoms with Crippen molar-refractivity contribution in [3.8, 4) is 0 Å². The number of hydrogen-bond donors (Lipinski definition) is 0. The fraction of sp³-hybridized carbons (Fsp3) is 0. The van der Waals surface area contributed by atoms with Crippen LogP contribution in [0.5, 0.6) is 0 Å². The summed E-state index contributed by atoms with van der Waals surface area (Å²) < 4.78 is 0. The maximum Gasteiger partial charge on any atom is 3.00 e. The molecule has 0 aliphatic rings. The molecule has 4 nitrogen and oxygen atoms in total. The van der Waals surface area contributed by atoms with Crippen LogP contribution < -0.4 is 0 Å². The van der Waals surface area contributed by atoms with Gasteiger partial charge in [-0.25, -0.2) is 0 Å². The molecule has 0 aromatic carbocycles. The third-order valence-corrected chi connectivity index (χ3v) is 0. The van der Waals surface area contributed by atoms with Gasteiger partial charge < -0.3 is 21.9 Å². The third kappa shape index (κ3) is 98.5. The monoisotopic (exact) mass is 207 g/mol. The van der Waals surface area contributed by atoms with Gasteiger partial charge in [-0.15, -0.1) is 0 Å². The van der Waals surface area contributed by atoms with Crippen LogP contribution >= 0.6 is 0 Å². The van der Waals surface area contributed by atoms with Gasteiger partial charge in [-0.2, -0.15) is 0 Å². The van der Waals surface area contributed by atoms with Crippen LogP contribution in [0.25, 0.3) is 0 Å². The molecule has 0 fully saturated rings. The Hall–Kier alpha value is 1.53. The van der Waals surface area contributed by atoms with Crippen molar-refractivity contribution >= 4 is 17.4 Å². The van der Waals surface area contributed by atoms with Gasteiger partial charge in [-0.05, 0) is 0 Å². The molecule has 1 radical (unpaired) electrons. The summed E-state index contributed by atoms with van der Waals surface area (Å²) in [7, 11) is 0. The smallest absolute Gasteiger partial charge is 2.00 e. The molecule has 0 aromatic rings. The van der Waals surface area contributed by atoms with E-state index in [1.807, 2.05) is 0 Å². The van der Waals surface area contributed by atoms with Crippen molar-refractivity contribution < 1.29 is 58.7 Å². The van der Waals surface area contributed by atoms with E-state index >= 15 is 0 Å². The molecule has 0 saturated heterocycles. The van der Waals surface area contributed by atoms with Gasteiger partial charge in [0, 0.05) is 0 Å². The Morgan fingerprint density at radius 3 is 0.571 bits per heavy atom. The Morgan fingerprint density at radius 2 is 0.571 bits per heavy atom. The molecule has 0 saturated carbocycles. The van der Waals surface area contributed by atoms with E-state index in [2.05, 4.69) is 0 Å². The standard InChI is InChI=1S/Al.Cr.4O.Zn/q2*+3;4*-2;+2. The van der Waals surface area contributed by atoms with Gasteiger partial charge in [0.05, 0.1) is 0 Å². The first-order valence-corrected chi connectivity index (χ1v) is 0. The maximum atomic E-state index is 0. The molecule has 0 heterocycles. The molecule has 0 spiro atoms. The minimum Gasteiger partial charge on any atom is -2.00 e. The average Bonchev–Trinajstić information content (AvgIpc) is 0. The first kappa shape index (κ1) is 207. The van der Waals surface area contributed by atoms with E-state index < -0.39 is 0 Å². The molecule has 0 aromatic heterocycles. The average molecular weight is 208 g/mol. The SMILES string of the molecule is [Al+3].[Cr+3].[O-2].[O-2].[O-2].[O-2].[Zn+2]. The van der Waals surface area contributed by atoms with E-state index in [0.29, 0.717) is 0 Å². The second-order valence-corrected chi connectivity index (χ2v) is 0. The van der Waals surface area contributed by atoms with E-state index in [-0.39, 0.29) is 76.1 Å². The molecule has 0 aliphatic heterocycles. The van der Waals surface area contributed by atoms with Gasteiger partial charge in [0.2, 0.25) is 0 Å². The molecule has 0 bridgehead atoms. The van der Waals surface area contributed by atoms with Crippen molar-refractivity contribution in [3.05, 3.63) is 0 Å². The summed E-state index contributed by atoms with van der Waals surface area (Å²) in [5.41, 5.74) is 0. The number of rotatable bonds is 0. The van der Waals surface area contributed by atoms with Crippen molar-refractivity contribution in [1.82, 2.24) is 0 Å². The van der Waals surface area contributed by atoms with Crippen LogP contribution in [0, 0.1) is 0 Å². The van der Waals surface area contributed by atoms with Crippen molar-refractivity contribution in [3.63, 3.8) is 0 Å². The summed E-state index contributed by atoms with van der Waals surface area (Å²) >= 11 is 0. The fourth-order valence-electron chi connectivity index (χ4n) is 0. The molecule has 7 heavy (non-hydrogen) atoms. The topological polar surface area (TPSA) is 114 Å². The summed E-state index contributed by atoms with van der Waals surface area (Å²) in [5.74, 6) is 0. The molecule has 7 heteroatoms. The molecular weight excluding hydrogens is 208 g/mol. The molecule has 0 amide bonds. The normalized spacial score (nSPS) is 0. The van der Waals surface area contributed by atoms with Gasteiger partial charge in [0.1, 0.15) is 0 Å². The van der Waals surface area contributed by atoms with E-state index in [4.69, 9.17) is 0 Å². The fourth-order valence-corrected chi connectivity index (χ4v) is 0. The predicted octanol–water partition coefficient (Wildman–Crippen LogP) is -0.861. The largest absolute Gasteiger partial charge is 3.00 e. The first-order chi connectivity index (χ1) is 0. The summed E-state index contributed by atoms with van der Waals surface area (Å²) in [6, 6.07) is 0. The van der Waals surface area contributed by atoms with Crippen molar-refractivity contribution in [2.45, 2.75) is 0 Å². The van der Waals surface area contributed by atoms with E-state index in [1.54, 1.807) is 0 Å². The first-order valence-electron chi connectivity index (χ1n) is 0. The Kier molecular flexibility index (Phi) is 4060. The molecule has 0 atom stereocenters. The van der Waals surface area contributed by atoms with Crippen LogP contribution in [0.1, 0.15) is 0 Å². The van der Waals surface area contributed by atoms with Crippen LogP contribution in [0.15, 0.2) is 0 Å². The Labute approximate surface area is 75.9 Å². The van der Waals surface area contributed by atoms with Gasteiger partial charge in [0.25, 0.3) is 0 Å². The van der Waals surface area contributed by atoms with Gasteiger partial charge >= 0.3 is 54.2 Å². The summed E-state index contributed by atoms with van der Waals surface area (Å²) in [6.07, 6.45) is 0. The van der Waals surface area contributed by atoms with Gasteiger partial charge in [-0.1, -0.05) is 0 Å². The van der Waals surface area contributed by atoms with Crippen LogP contribution in [0.3, 0.4) is 0 Å². The molecule has 0 rings (SSSR count). The second kappa shape index (κ2) is 137. The molecule has 0 aliphatic carbocycles. The Bertz CT molecular complexity index is 11.7. The van der Waals surface area contributed by atoms with Crippen molar-refractivity contribution in [2.24, 2.45) is 0 Å². The molecule has 35 valence electrons. The summed E-state index contributed by atoms with van der Waals surface area (Å²) in [5, 5.41) is 0. The van der Waals surface area contributed by atoms with Gasteiger partial charge in [-0.3, -0.25) is 0 Å². The molecule has 0 N–H and O–H groups in total. The van der Waals surface area contributed by atoms with Crippen LogP contribution in [-0.2, 0) is 58.7 Å².